The number of aryl methyl sites for hydroxylation is 1. The van der Waals surface area contributed by atoms with E-state index < -0.39 is 6.10 Å². The van der Waals surface area contributed by atoms with Gasteiger partial charge in [0.05, 0.1) is 6.10 Å². The van der Waals surface area contributed by atoms with Crippen molar-refractivity contribution in [1.29, 1.82) is 0 Å². The molecule has 2 aromatic rings. The molecule has 1 unspecified atom stereocenters. The van der Waals surface area contributed by atoms with Crippen molar-refractivity contribution in [1.82, 2.24) is 9.80 Å². The number of nitrogens with zero attached hydrogens (tertiary/aromatic N) is 4. The lowest BCUT2D eigenvalue weighted by molar-refractivity contribution is 0.139. The zero-order valence-electron chi connectivity index (χ0n) is 19.8. The van der Waals surface area contributed by atoms with Gasteiger partial charge in [-0.15, -0.1) is 0 Å². The molecule has 1 atom stereocenters. The average Bonchev–Trinajstić information content (AvgIpc) is 3.22. The third-order valence-corrected chi connectivity index (χ3v) is 7.01. The summed E-state index contributed by atoms with van der Waals surface area (Å²) in [7, 11) is 3.56. The van der Waals surface area contributed by atoms with Gasteiger partial charge in [0.2, 0.25) is 0 Å². The first-order valence-corrected chi connectivity index (χ1v) is 11.7. The molecule has 1 N–H and O–H groups in total. The fraction of sp³-hybridized carbons (Fsp3) is 0.500. The molecule has 6 nitrogen and oxygen atoms in total. The summed E-state index contributed by atoms with van der Waals surface area (Å²) in [5.74, 6) is 0. The van der Waals surface area contributed by atoms with Gasteiger partial charge in [-0.2, -0.15) is 0 Å². The van der Waals surface area contributed by atoms with E-state index in [9.17, 15) is 9.90 Å². The topological polar surface area (TPSA) is 50.3 Å². The minimum atomic E-state index is -0.476. The van der Waals surface area contributed by atoms with E-state index in [4.69, 9.17) is 0 Å². The van der Waals surface area contributed by atoms with Crippen LogP contribution < -0.4 is 9.80 Å². The van der Waals surface area contributed by atoms with Crippen LogP contribution in [0.3, 0.4) is 0 Å². The Labute approximate surface area is 192 Å². The van der Waals surface area contributed by atoms with Crippen LogP contribution in [0.15, 0.2) is 36.4 Å². The van der Waals surface area contributed by atoms with Crippen LogP contribution in [0.5, 0.6) is 0 Å². The van der Waals surface area contributed by atoms with E-state index in [1.54, 1.807) is 19.0 Å². The highest BCUT2D eigenvalue weighted by atomic mass is 16.3. The van der Waals surface area contributed by atoms with Crippen LogP contribution in [0.25, 0.3) is 0 Å². The molecule has 172 valence electrons. The Bertz CT molecular complexity index is 966. The number of urea groups is 1. The Morgan fingerprint density at radius 3 is 2.50 bits per heavy atom. The van der Waals surface area contributed by atoms with Gasteiger partial charge in [0.25, 0.3) is 0 Å². The number of amides is 2. The molecule has 2 aromatic carbocycles. The van der Waals surface area contributed by atoms with Gasteiger partial charge in [0, 0.05) is 64.7 Å². The molecule has 0 aromatic heterocycles. The zero-order chi connectivity index (χ0) is 22.8. The lowest BCUT2D eigenvalue weighted by atomic mass is 10.0. The molecule has 2 amide bonds. The predicted octanol–water partition coefficient (Wildman–Crippen LogP) is 3.59. The highest BCUT2D eigenvalue weighted by molar-refractivity contribution is 5.94. The number of aliphatic hydroxyl groups excluding tert-OH is 1. The van der Waals surface area contributed by atoms with E-state index in [1.165, 1.54) is 16.8 Å². The van der Waals surface area contributed by atoms with E-state index in [-0.39, 0.29) is 6.03 Å². The molecule has 2 aliphatic heterocycles. The van der Waals surface area contributed by atoms with Gasteiger partial charge in [-0.3, -0.25) is 9.80 Å². The molecule has 1 fully saturated rings. The first-order chi connectivity index (χ1) is 15.3. The molecule has 1 saturated heterocycles. The lowest BCUT2D eigenvalue weighted by Gasteiger charge is -2.37. The van der Waals surface area contributed by atoms with Crippen LogP contribution in [-0.4, -0.2) is 74.3 Å². The van der Waals surface area contributed by atoms with Crippen LogP contribution in [0.1, 0.15) is 34.8 Å². The summed E-state index contributed by atoms with van der Waals surface area (Å²) in [6.07, 6.45) is 1.09. The van der Waals surface area contributed by atoms with Crippen LogP contribution in [-0.2, 0) is 6.42 Å². The summed E-state index contributed by atoms with van der Waals surface area (Å²) in [6, 6.07) is 12.6. The van der Waals surface area contributed by atoms with E-state index >= 15 is 0 Å². The number of fused-ring (bicyclic) bond motifs is 1. The molecule has 0 radical (unpaired) electrons. The van der Waals surface area contributed by atoms with Crippen molar-refractivity contribution in [2.75, 3.05) is 63.2 Å². The SMILES string of the molecule is Cc1cccc(N2CCN(CCC(O)c3ccc4c(c3)CCN4C(=O)N(C)C)CC2)c1C. The summed E-state index contributed by atoms with van der Waals surface area (Å²) in [5.41, 5.74) is 7.15. The molecule has 2 aliphatic rings. The van der Waals surface area contributed by atoms with Crippen LogP contribution in [0.2, 0.25) is 0 Å². The van der Waals surface area contributed by atoms with Crippen molar-refractivity contribution in [3.63, 3.8) is 0 Å². The third kappa shape index (κ3) is 4.62. The Morgan fingerprint density at radius 2 is 1.78 bits per heavy atom. The number of hydrogen-bond acceptors (Lipinski definition) is 4. The van der Waals surface area contributed by atoms with Gasteiger partial charge in [-0.05, 0) is 61.1 Å². The molecular formula is C26H36N4O2. The molecule has 0 spiro atoms. The van der Waals surface area contributed by atoms with Crippen LogP contribution >= 0.6 is 0 Å². The first kappa shape index (κ1) is 22.6. The van der Waals surface area contributed by atoms with Gasteiger partial charge in [0.1, 0.15) is 0 Å². The van der Waals surface area contributed by atoms with Gasteiger partial charge in [-0.25, -0.2) is 4.79 Å². The molecule has 0 bridgehead atoms. The Morgan fingerprint density at radius 1 is 1.03 bits per heavy atom. The standard InChI is InChI=1S/C26H36N4O2/c1-19-6-5-7-23(20(19)2)29-16-14-28(15-17-29)12-11-25(31)22-8-9-24-21(18-22)10-13-30(24)26(32)27(3)4/h5-9,18,25,31H,10-17H2,1-4H3. The van der Waals surface area contributed by atoms with Crippen molar-refractivity contribution in [3.8, 4) is 0 Å². The number of hydrogen-bond donors (Lipinski definition) is 1. The molecule has 0 aliphatic carbocycles. The number of anilines is 2. The number of aliphatic hydroxyl groups is 1. The highest BCUT2D eigenvalue weighted by Gasteiger charge is 2.27. The van der Waals surface area contributed by atoms with Crippen LogP contribution in [0, 0.1) is 13.8 Å². The average molecular weight is 437 g/mol. The summed E-state index contributed by atoms with van der Waals surface area (Å²) in [5, 5.41) is 10.8. The Kier molecular flexibility index (Phi) is 6.72. The largest absolute Gasteiger partial charge is 0.388 e. The molecule has 2 heterocycles. The summed E-state index contributed by atoms with van der Waals surface area (Å²) < 4.78 is 0. The number of rotatable bonds is 5. The molecule has 32 heavy (non-hydrogen) atoms. The van der Waals surface area contributed by atoms with Crippen molar-refractivity contribution in [2.24, 2.45) is 0 Å². The zero-order valence-corrected chi connectivity index (χ0v) is 19.8. The second-order valence-electron chi connectivity index (χ2n) is 9.32. The lowest BCUT2D eigenvalue weighted by Crippen LogP contribution is -2.47. The summed E-state index contributed by atoms with van der Waals surface area (Å²) in [4.78, 5) is 20.7. The highest BCUT2D eigenvalue weighted by Crippen LogP contribution is 2.32. The number of carbonyl (C=O) groups is 1. The van der Waals surface area contributed by atoms with Gasteiger partial charge in [0.15, 0.2) is 0 Å². The number of carbonyl (C=O) groups excluding carboxylic acids is 1. The second kappa shape index (κ2) is 9.51. The van der Waals surface area contributed by atoms with E-state index in [0.29, 0.717) is 6.54 Å². The van der Waals surface area contributed by atoms with E-state index in [1.807, 2.05) is 17.0 Å². The molecule has 4 rings (SSSR count). The minimum Gasteiger partial charge on any atom is -0.388 e. The van der Waals surface area contributed by atoms with Crippen LogP contribution in [0.4, 0.5) is 16.2 Å². The third-order valence-electron chi connectivity index (χ3n) is 7.01. The normalized spacial score (nSPS) is 17.4. The molecular weight excluding hydrogens is 400 g/mol. The monoisotopic (exact) mass is 436 g/mol. The predicted molar refractivity (Wildman–Crippen MR) is 131 cm³/mol. The van der Waals surface area contributed by atoms with Crippen molar-refractivity contribution in [3.05, 3.63) is 58.7 Å². The van der Waals surface area contributed by atoms with E-state index in [2.05, 4.69) is 47.9 Å². The van der Waals surface area contributed by atoms with Gasteiger partial charge < -0.3 is 14.9 Å². The Balaban J connectivity index is 1.30. The molecule has 0 saturated carbocycles. The number of piperazine rings is 1. The molecule has 6 heteroatoms. The summed E-state index contributed by atoms with van der Waals surface area (Å²) in [6.45, 7) is 10.1. The summed E-state index contributed by atoms with van der Waals surface area (Å²) >= 11 is 0. The van der Waals surface area contributed by atoms with Crippen molar-refractivity contribution >= 4 is 17.4 Å². The fourth-order valence-corrected chi connectivity index (χ4v) is 4.83. The van der Waals surface area contributed by atoms with Gasteiger partial charge >= 0.3 is 6.03 Å². The quantitative estimate of drug-likeness (QED) is 0.778. The fourth-order valence-electron chi connectivity index (χ4n) is 4.83. The second-order valence-corrected chi connectivity index (χ2v) is 9.32. The minimum absolute atomic E-state index is 0.0112. The maximum atomic E-state index is 12.3. The maximum absolute atomic E-state index is 12.3. The van der Waals surface area contributed by atoms with Gasteiger partial charge in [-0.1, -0.05) is 24.3 Å². The van der Waals surface area contributed by atoms with Crippen molar-refractivity contribution in [2.45, 2.75) is 32.8 Å². The Hall–Kier alpha value is -2.57. The number of benzene rings is 2. The first-order valence-electron chi connectivity index (χ1n) is 11.7. The van der Waals surface area contributed by atoms with Crippen molar-refractivity contribution < 1.29 is 9.90 Å². The smallest absolute Gasteiger partial charge is 0.323 e. The maximum Gasteiger partial charge on any atom is 0.323 e. The van der Waals surface area contributed by atoms with E-state index in [0.717, 1.165) is 62.4 Å².